The van der Waals surface area contributed by atoms with Crippen molar-refractivity contribution in [2.24, 2.45) is 0 Å². The molecule has 1 aromatic carbocycles. The maximum atomic E-state index is 12.0. The van der Waals surface area contributed by atoms with Crippen LogP contribution in [0.2, 0.25) is 0 Å². The molecule has 0 aromatic heterocycles. The molecule has 5 heteroatoms. The summed E-state index contributed by atoms with van der Waals surface area (Å²) in [4.78, 5) is 0.0899. The molecule has 0 aliphatic heterocycles. The Balaban J connectivity index is 2.18. The van der Waals surface area contributed by atoms with E-state index in [1.165, 1.54) is 12.1 Å². The lowest BCUT2D eigenvalue weighted by Crippen LogP contribution is -2.36. The van der Waals surface area contributed by atoms with Gasteiger partial charge in [0.05, 0.1) is 4.90 Å². The maximum Gasteiger partial charge on any atom is 0.299 e. The zero-order valence-electron chi connectivity index (χ0n) is 10.4. The van der Waals surface area contributed by atoms with Crippen molar-refractivity contribution in [3.8, 4) is 0 Å². The van der Waals surface area contributed by atoms with Gasteiger partial charge in [-0.15, -0.1) is 0 Å². The van der Waals surface area contributed by atoms with Crippen LogP contribution >= 0.6 is 0 Å². The molecule has 1 saturated carbocycles. The number of benzene rings is 1. The molecule has 1 fully saturated rings. The third-order valence-corrected chi connectivity index (χ3v) is 4.59. The summed E-state index contributed by atoms with van der Waals surface area (Å²) in [6.45, 7) is 1.88. The lowest BCUT2D eigenvalue weighted by atomic mass is 9.95. The van der Waals surface area contributed by atoms with Crippen LogP contribution in [0.3, 0.4) is 0 Å². The molecule has 0 saturated heterocycles. The third-order valence-electron chi connectivity index (χ3n) is 3.21. The first-order valence-electron chi connectivity index (χ1n) is 6.16. The van der Waals surface area contributed by atoms with E-state index in [2.05, 4.69) is 0 Å². The lowest BCUT2D eigenvalue weighted by Gasteiger charge is -2.30. The zero-order valence-corrected chi connectivity index (χ0v) is 11.2. The van der Waals surface area contributed by atoms with Crippen molar-refractivity contribution in [1.82, 2.24) is 0 Å². The quantitative estimate of drug-likeness (QED) is 0.676. The standard InChI is InChI=1S/C13H18O4S/c1-11-5-7-12(8-6-11)18(15,16)17-13(14)9-3-2-4-10-13/h5-8,14H,2-4,9-10H2,1H3. The van der Waals surface area contributed by atoms with Crippen molar-refractivity contribution in [2.75, 3.05) is 0 Å². The summed E-state index contributed by atoms with van der Waals surface area (Å²) in [5.74, 6) is -1.53. The summed E-state index contributed by atoms with van der Waals surface area (Å²) in [5, 5.41) is 10.1. The summed E-state index contributed by atoms with van der Waals surface area (Å²) in [7, 11) is -3.89. The van der Waals surface area contributed by atoms with Gasteiger partial charge in [-0.2, -0.15) is 8.42 Å². The fourth-order valence-corrected chi connectivity index (χ4v) is 3.29. The predicted octanol–water partition coefficient (Wildman–Crippen LogP) is 2.35. The number of rotatable bonds is 3. The normalized spacial score (nSPS) is 19.7. The van der Waals surface area contributed by atoms with E-state index in [0.29, 0.717) is 12.8 Å². The van der Waals surface area contributed by atoms with Gasteiger partial charge in [0, 0.05) is 12.8 Å². The Morgan fingerprint density at radius 2 is 1.67 bits per heavy atom. The van der Waals surface area contributed by atoms with E-state index in [9.17, 15) is 13.5 Å². The molecule has 0 bridgehead atoms. The highest BCUT2D eigenvalue weighted by atomic mass is 32.2. The van der Waals surface area contributed by atoms with Crippen molar-refractivity contribution >= 4 is 10.1 Å². The van der Waals surface area contributed by atoms with Crippen molar-refractivity contribution < 1.29 is 17.7 Å². The maximum absolute atomic E-state index is 12.0. The highest BCUT2D eigenvalue weighted by molar-refractivity contribution is 7.86. The van der Waals surface area contributed by atoms with E-state index in [4.69, 9.17) is 4.18 Å². The summed E-state index contributed by atoms with van der Waals surface area (Å²) in [6.07, 6.45) is 3.34. The first-order valence-corrected chi connectivity index (χ1v) is 7.57. The number of aryl methyl sites for hydroxylation is 1. The van der Waals surface area contributed by atoms with Gasteiger partial charge in [0.15, 0.2) is 5.79 Å². The van der Waals surface area contributed by atoms with Crippen LogP contribution < -0.4 is 0 Å². The minimum absolute atomic E-state index is 0.0899. The summed E-state index contributed by atoms with van der Waals surface area (Å²) in [5.41, 5.74) is 0.977. The van der Waals surface area contributed by atoms with E-state index in [-0.39, 0.29) is 4.90 Å². The molecule has 4 nitrogen and oxygen atoms in total. The molecule has 0 heterocycles. The van der Waals surface area contributed by atoms with Gasteiger partial charge in [0.25, 0.3) is 10.1 Å². The predicted molar refractivity (Wildman–Crippen MR) is 67.5 cm³/mol. The molecule has 0 atom stereocenters. The topological polar surface area (TPSA) is 63.6 Å². The largest absolute Gasteiger partial charge is 0.364 e. The van der Waals surface area contributed by atoms with Crippen LogP contribution in [0.5, 0.6) is 0 Å². The van der Waals surface area contributed by atoms with E-state index >= 15 is 0 Å². The van der Waals surface area contributed by atoms with Crippen molar-refractivity contribution in [3.63, 3.8) is 0 Å². The van der Waals surface area contributed by atoms with Gasteiger partial charge in [-0.25, -0.2) is 4.18 Å². The van der Waals surface area contributed by atoms with Gasteiger partial charge in [-0.05, 0) is 31.9 Å². The number of hydrogen-bond donors (Lipinski definition) is 1. The van der Waals surface area contributed by atoms with Crippen LogP contribution in [-0.4, -0.2) is 19.3 Å². The van der Waals surface area contributed by atoms with Crippen LogP contribution in [0.25, 0.3) is 0 Å². The molecule has 1 aliphatic rings. The fourth-order valence-electron chi connectivity index (χ4n) is 2.14. The van der Waals surface area contributed by atoms with Crippen molar-refractivity contribution in [1.29, 1.82) is 0 Å². The van der Waals surface area contributed by atoms with Gasteiger partial charge in [0.2, 0.25) is 0 Å². The first-order chi connectivity index (χ1) is 8.41. The van der Waals surface area contributed by atoms with Gasteiger partial charge in [-0.1, -0.05) is 24.1 Å². The molecule has 0 radical (unpaired) electrons. The zero-order chi connectivity index (χ0) is 13.2. The first kappa shape index (κ1) is 13.5. The Morgan fingerprint density at radius 1 is 1.11 bits per heavy atom. The Morgan fingerprint density at radius 3 is 2.22 bits per heavy atom. The molecular formula is C13H18O4S. The highest BCUT2D eigenvalue weighted by Crippen LogP contribution is 2.32. The molecule has 1 aromatic rings. The van der Waals surface area contributed by atoms with Crippen LogP contribution in [-0.2, 0) is 14.3 Å². The Hall–Kier alpha value is -0.910. The van der Waals surface area contributed by atoms with Gasteiger partial charge in [-0.3, -0.25) is 0 Å². The van der Waals surface area contributed by atoms with E-state index in [1.54, 1.807) is 12.1 Å². The van der Waals surface area contributed by atoms with Gasteiger partial charge in [0.1, 0.15) is 0 Å². The van der Waals surface area contributed by atoms with E-state index in [1.807, 2.05) is 6.92 Å². The second-order valence-corrected chi connectivity index (χ2v) is 6.40. The lowest BCUT2D eigenvalue weighted by molar-refractivity contribution is -0.154. The van der Waals surface area contributed by atoms with E-state index in [0.717, 1.165) is 24.8 Å². The van der Waals surface area contributed by atoms with Crippen LogP contribution in [0, 0.1) is 6.92 Å². The van der Waals surface area contributed by atoms with Gasteiger partial charge < -0.3 is 5.11 Å². The molecule has 0 spiro atoms. The minimum Gasteiger partial charge on any atom is -0.364 e. The Labute approximate surface area is 108 Å². The molecular weight excluding hydrogens is 252 g/mol. The molecule has 1 N–H and O–H groups in total. The summed E-state index contributed by atoms with van der Waals surface area (Å²) < 4.78 is 29.1. The molecule has 0 amide bonds. The molecule has 0 unspecified atom stereocenters. The molecule has 100 valence electrons. The number of aliphatic hydroxyl groups is 1. The van der Waals surface area contributed by atoms with E-state index < -0.39 is 15.9 Å². The van der Waals surface area contributed by atoms with Crippen LogP contribution in [0.15, 0.2) is 29.2 Å². The molecule has 1 aliphatic carbocycles. The van der Waals surface area contributed by atoms with Crippen molar-refractivity contribution in [3.05, 3.63) is 29.8 Å². The average molecular weight is 270 g/mol. The van der Waals surface area contributed by atoms with Gasteiger partial charge >= 0.3 is 0 Å². The SMILES string of the molecule is Cc1ccc(S(=O)(=O)OC2(O)CCCCC2)cc1. The molecule has 2 rings (SSSR count). The third kappa shape index (κ3) is 3.10. The van der Waals surface area contributed by atoms with Crippen LogP contribution in [0.1, 0.15) is 37.7 Å². The fraction of sp³-hybridized carbons (Fsp3) is 0.538. The Bertz CT molecular complexity index is 498. The second kappa shape index (κ2) is 4.99. The average Bonchev–Trinajstić information content (AvgIpc) is 2.29. The molecule has 18 heavy (non-hydrogen) atoms. The number of hydrogen-bond acceptors (Lipinski definition) is 4. The van der Waals surface area contributed by atoms with Crippen LogP contribution in [0.4, 0.5) is 0 Å². The second-order valence-electron chi connectivity index (χ2n) is 4.86. The van der Waals surface area contributed by atoms with Crippen molar-refractivity contribution in [2.45, 2.75) is 49.7 Å². The minimum atomic E-state index is -3.89. The smallest absolute Gasteiger partial charge is 0.299 e. The highest BCUT2D eigenvalue weighted by Gasteiger charge is 2.36. The summed E-state index contributed by atoms with van der Waals surface area (Å²) >= 11 is 0. The summed E-state index contributed by atoms with van der Waals surface area (Å²) in [6, 6.07) is 6.41. The Kier molecular flexibility index (Phi) is 3.75. The monoisotopic (exact) mass is 270 g/mol.